The first-order valence-electron chi connectivity index (χ1n) is 7.43. The van der Waals surface area contributed by atoms with E-state index in [1.807, 2.05) is 0 Å². The first kappa shape index (κ1) is 23.6. The molecule has 0 aliphatic rings. The second-order valence-corrected chi connectivity index (χ2v) is 10.5. The Balaban J connectivity index is 2.50. The summed E-state index contributed by atoms with van der Waals surface area (Å²) in [5.41, 5.74) is 0. The summed E-state index contributed by atoms with van der Waals surface area (Å²) in [5, 5.41) is 8.89. The highest BCUT2D eigenvalue weighted by Gasteiger charge is 2.24. The van der Waals surface area contributed by atoms with E-state index >= 15 is 0 Å². The summed E-state index contributed by atoms with van der Waals surface area (Å²) in [4.78, 5) is 11.4. The van der Waals surface area contributed by atoms with Crippen molar-refractivity contribution in [3.63, 3.8) is 0 Å². The van der Waals surface area contributed by atoms with E-state index in [2.05, 4.69) is 70.3 Å². The van der Waals surface area contributed by atoms with E-state index in [4.69, 9.17) is 14.6 Å². The topological polar surface area (TPSA) is 89.9 Å². The molecule has 11 heteroatoms. The summed E-state index contributed by atoms with van der Waals surface area (Å²) in [5.74, 6) is -0.163. The predicted molar refractivity (Wildman–Crippen MR) is 118 cm³/mol. The van der Waals surface area contributed by atoms with Gasteiger partial charge in [-0.1, -0.05) is 6.58 Å². The van der Waals surface area contributed by atoms with Crippen molar-refractivity contribution < 1.29 is 27.8 Å². The Hall–Kier alpha value is -0.720. The van der Waals surface area contributed by atoms with E-state index in [9.17, 15) is 13.2 Å². The second-order valence-electron chi connectivity index (χ2n) is 5.13. The number of hydrogen-bond donors (Lipinski definition) is 1. The highest BCUT2D eigenvalue weighted by Crippen LogP contribution is 2.40. The van der Waals surface area contributed by atoms with Gasteiger partial charge in [0.1, 0.15) is 12.4 Å². The van der Waals surface area contributed by atoms with Gasteiger partial charge in [-0.15, -0.1) is 0 Å². The third-order valence-electron chi connectivity index (χ3n) is 3.27. The Morgan fingerprint density at radius 1 is 0.964 bits per heavy atom. The number of benzene rings is 2. The van der Waals surface area contributed by atoms with Crippen LogP contribution in [0.15, 0.2) is 64.6 Å². The molecule has 0 aliphatic carbocycles. The average Bonchev–Trinajstić information content (AvgIpc) is 2.63. The lowest BCUT2D eigenvalue weighted by Gasteiger charge is -2.13. The molecule has 0 heterocycles. The first-order chi connectivity index (χ1) is 13.1. The predicted octanol–water partition coefficient (Wildman–Crippen LogP) is 5.03. The zero-order chi connectivity index (χ0) is 21.1. The van der Waals surface area contributed by atoms with Gasteiger partial charge < -0.3 is 14.6 Å². The van der Waals surface area contributed by atoms with E-state index in [1.54, 1.807) is 0 Å². The van der Waals surface area contributed by atoms with Gasteiger partial charge >= 0.3 is 5.97 Å². The zero-order valence-electron chi connectivity index (χ0n) is 13.9. The van der Waals surface area contributed by atoms with Crippen LogP contribution in [0.5, 0.6) is 11.5 Å². The van der Waals surface area contributed by atoms with Gasteiger partial charge in [-0.05, 0) is 88.0 Å². The molecule has 2 aromatic carbocycles. The molecular weight excluding hydrogens is 652 g/mol. The standard InChI is InChI=1S/C17H12Br4O6S/c1-2-15(23)27-17-13(20)7-10(8-14(17)21)28(24,25)9-5-11(18)16(12(19)6-9)26-4-3-22/h2,5-8,22H,1,3-4H2. The summed E-state index contributed by atoms with van der Waals surface area (Å²) in [6.45, 7) is 3.21. The SMILES string of the molecule is C=CC(=O)Oc1c(Br)cc(S(=O)(=O)c2cc(Br)c(OCCO)c(Br)c2)cc1Br. The van der Waals surface area contributed by atoms with Crippen LogP contribution in [0.3, 0.4) is 0 Å². The van der Waals surface area contributed by atoms with Crippen LogP contribution in [0.25, 0.3) is 0 Å². The highest BCUT2D eigenvalue weighted by atomic mass is 79.9. The number of halogens is 4. The number of esters is 1. The molecule has 0 atom stereocenters. The molecule has 6 nitrogen and oxygen atoms in total. The molecule has 2 aromatic rings. The lowest BCUT2D eigenvalue weighted by atomic mass is 10.3. The Bertz CT molecular complexity index is 990. The molecule has 0 aliphatic heterocycles. The molecular formula is C17H12Br4O6S. The number of aliphatic hydroxyl groups is 1. The molecule has 1 N–H and O–H groups in total. The number of rotatable bonds is 7. The number of ether oxygens (including phenoxy) is 2. The van der Waals surface area contributed by atoms with Crippen molar-refractivity contribution in [1.29, 1.82) is 0 Å². The summed E-state index contributed by atoms with van der Waals surface area (Å²) in [6.07, 6.45) is 0.999. The Labute approximate surface area is 195 Å². The van der Waals surface area contributed by atoms with Gasteiger partial charge in [0.2, 0.25) is 9.84 Å². The lowest BCUT2D eigenvalue weighted by molar-refractivity contribution is -0.129. The van der Waals surface area contributed by atoms with Crippen molar-refractivity contribution in [1.82, 2.24) is 0 Å². The Morgan fingerprint density at radius 3 is 1.79 bits per heavy atom. The number of aliphatic hydroxyl groups excluding tert-OH is 1. The maximum atomic E-state index is 13.1. The fourth-order valence-corrected chi connectivity index (χ4v) is 6.78. The van der Waals surface area contributed by atoms with Crippen LogP contribution in [-0.4, -0.2) is 32.7 Å². The molecule has 150 valence electrons. The van der Waals surface area contributed by atoms with Crippen molar-refractivity contribution in [2.24, 2.45) is 0 Å². The fourth-order valence-electron chi connectivity index (χ4n) is 2.05. The van der Waals surface area contributed by atoms with E-state index in [1.165, 1.54) is 24.3 Å². The maximum Gasteiger partial charge on any atom is 0.335 e. The van der Waals surface area contributed by atoms with Gasteiger partial charge in [0, 0.05) is 6.08 Å². The van der Waals surface area contributed by atoms with Gasteiger partial charge in [0.25, 0.3) is 0 Å². The average molecular weight is 664 g/mol. The second kappa shape index (κ2) is 9.86. The number of sulfone groups is 1. The molecule has 2 rings (SSSR count). The molecule has 0 saturated carbocycles. The van der Waals surface area contributed by atoms with Gasteiger partial charge in [-0.25, -0.2) is 13.2 Å². The highest BCUT2D eigenvalue weighted by molar-refractivity contribution is 9.11. The van der Waals surface area contributed by atoms with Crippen LogP contribution in [0, 0.1) is 0 Å². The van der Waals surface area contributed by atoms with Crippen molar-refractivity contribution in [3.8, 4) is 11.5 Å². The minimum atomic E-state index is -3.90. The summed E-state index contributed by atoms with van der Waals surface area (Å²) in [7, 11) is -3.90. The summed E-state index contributed by atoms with van der Waals surface area (Å²) < 4.78 is 38.0. The minimum absolute atomic E-state index is 0.0113. The van der Waals surface area contributed by atoms with Gasteiger partial charge in [0.15, 0.2) is 5.75 Å². The molecule has 0 saturated heterocycles. The quantitative estimate of drug-likeness (QED) is 0.254. The molecule has 0 unspecified atom stereocenters. The Morgan fingerprint density at radius 2 is 1.39 bits per heavy atom. The maximum absolute atomic E-state index is 13.1. The van der Waals surface area contributed by atoms with E-state index in [0.717, 1.165) is 6.08 Å². The van der Waals surface area contributed by atoms with E-state index in [-0.39, 0.29) is 37.7 Å². The first-order valence-corrected chi connectivity index (χ1v) is 12.1. The lowest BCUT2D eigenvalue weighted by Crippen LogP contribution is -2.07. The van der Waals surface area contributed by atoms with Crippen molar-refractivity contribution in [3.05, 3.63) is 54.8 Å². The molecule has 0 fully saturated rings. The normalized spacial score (nSPS) is 11.2. The molecule has 0 bridgehead atoms. The minimum Gasteiger partial charge on any atom is -0.489 e. The summed E-state index contributed by atoms with van der Waals surface area (Å²) in [6, 6.07) is 5.48. The third kappa shape index (κ3) is 5.25. The van der Waals surface area contributed by atoms with Crippen molar-refractivity contribution >= 4 is 79.5 Å². The van der Waals surface area contributed by atoms with Gasteiger partial charge in [-0.2, -0.15) is 0 Å². The third-order valence-corrected chi connectivity index (χ3v) is 7.34. The van der Waals surface area contributed by atoms with Crippen LogP contribution >= 0.6 is 63.7 Å². The molecule has 0 spiro atoms. The smallest absolute Gasteiger partial charge is 0.335 e. The van der Waals surface area contributed by atoms with Crippen LogP contribution < -0.4 is 9.47 Å². The number of carbonyl (C=O) groups excluding carboxylic acids is 1. The monoisotopic (exact) mass is 660 g/mol. The Kier molecular flexibility index (Phi) is 8.29. The fraction of sp³-hybridized carbons (Fsp3) is 0.118. The van der Waals surface area contributed by atoms with Gasteiger partial charge in [0.05, 0.1) is 34.3 Å². The molecule has 0 amide bonds. The van der Waals surface area contributed by atoms with E-state index in [0.29, 0.717) is 14.7 Å². The largest absolute Gasteiger partial charge is 0.489 e. The van der Waals surface area contributed by atoms with Crippen molar-refractivity contribution in [2.75, 3.05) is 13.2 Å². The molecule has 0 radical (unpaired) electrons. The van der Waals surface area contributed by atoms with Crippen LogP contribution in [0.1, 0.15) is 0 Å². The number of carbonyl (C=O) groups is 1. The summed E-state index contributed by atoms with van der Waals surface area (Å²) >= 11 is 13.0. The molecule has 28 heavy (non-hydrogen) atoms. The molecule has 0 aromatic heterocycles. The number of hydrogen-bond acceptors (Lipinski definition) is 6. The van der Waals surface area contributed by atoms with E-state index < -0.39 is 15.8 Å². The zero-order valence-corrected chi connectivity index (χ0v) is 21.1. The van der Waals surface area contributed by atoms with Crippen LogP contribution in [0.4, 0.5) is 0 Å². The van der Waals surface area contributed by atoms with Gasteiger partial charge in [-0.3, -0.25) is 0 Å². The van der Waals surface area contributed by atoms with Crippen LogP contribution in [-0.2, 0) is 14.6 Å². The van der Waals surface area contributed by atoms with Crippen molar-refractivity contribution in [2.45, 2.75) is 9.79 Å². The van der Waals surface area contributed by atoms with Crippen LogP contribution in [0.2, 0.25) is 0 Å².